The highest BCUT2D eigenvalue weighted by atomic mass is 19.4. The van der Waals surface area contributed by atoms with Crippen molar-refractivity contribution in [3.05, 3.63) is 64.2 Å². The monoisotopic (exact) mass is 519 g/mol. The van der Waals surface area contributed by atoms with E-state index in [1.165, 1.54) is 23.3 Å². The van der Waals surface area contributed by atoms with Crippen LogP contribution in [-0.2, 0) is 6.18 Å². The zero-order valence-corrected chi connectivity index (χ0v) is 21.5. The lowest BCUT2D eigenvalue weighted by Crippen LogP contribution is -2.57. The van der Waals surface area contributed by atoms with E-state index in [9.17, 15) is 18.0 Å². The van der Waals surface area contributed by atoms with Crippen molar-refractivity contribution in [3.8, 4) is 5.75 Å². The van der Waals surface area contributed by atoms with Gasteiger partial charge in [-0.05, 0) is 80.1 Å². The normalized spacial score (nSPS) is 20.5. The molecular weight excluding hydrogens is 483 g/mol. The van der Waals surface area contributed by atoms with E-state index in [0.717, 1.165) is 49.3 Å². The number of aliphatic hydroxyl groups excluding tert-OH is 1. The van der Waals surface area contributed by atoms with Crippen molar-refractivity contribution < 1.29 is 27.8 Å². The lowest BCUT2D eigenvalue weighted by atomic mass is 9.86. The van der Waals surface area contributed by atoms with Crippen LogP contribution in [0, 0.1) is 13.8 Å². The number of fused-ring (bicyclic) bond motifs is 1. The minimum Gasteiger partial charge on any atom is -0.492 e. The molecule has 9 heteroatoms. The fourth-order valence-electron chi connectivity index (χ4n) is 5.52. The Morgan fingerprint density at radius 1 is 1.05 bits per heavy atom. The number of halogens is 3. The van der Waals surface area contributed by atoms with E-state index in [1.807, 2.05) is 6.07 Å². The maximum atomic E-state index is 13.1. The highest BCUT2D eigenvalue weighted by molar-refractivity contribution is 5.94. The standard InChI is InChI=1S/C28H36F3N3O3/c1-19-20(2)26(37-17-13-32-12-16-35)11-10-24(19)25-5-3-4-23-18-33(14-15-34(23)25)27(36)21-6-8-22(9-7-21)28(29,30)31/h6-11,23,25,32,35H,3-5,12-18H2,1-2H3/t23-,25?/m0/s1. The largest absolute Gasteiger partial charge is 0.492 e. The summed E-state index contributed by atoms with van der Waals surface area (Å²) >= 11 is 0. The Hall–Kier alpha value is -2.62. The number of rotatable bonds is 8. The summed E-state index contributed by atoms with van der Waals surface area (Å²) in [5.74, 6) is 0.656. The second-order valence-electron chi connectivity index (χ2n) is 9.89. The number of piperazine rings is 1. The van der Waals surface area contributed by atoms with E-state index in [-0.39, 0.29) is 24.6 Å². The second kappa shape index (κ2) is 11.8. The van der Waals surface area contributed by atoms with Crippen molar-refractivity contribution in [1.29, 1.82) is 0 Å². The summed E-state index contributed by atoms with van der Waals surface area (Å²) in [6.07, 6.45) is -1.31. The molecule has 2 aromatic rings. The Bertz CT molecular complexity index is 1070. The van der Waals surface area contributed by atoms with Crippen molar-refractivity contribution in [2.75, 3.05) is 45.9 Å². The third kappa shape index (κ3) is 6.27. The number of ether oxygens (including phenoxy) is 1. The van der Waals surface area contributed by atoms with Gasteiger partial charge in [-0.15, -0.1) is 0 Å². The van der Waals surface area contributed by atoms with Crippen molar-refractivity contribution in [2.45, 2.75) is 51.4 Å². The summed E-state index contributed by atoms with van der Waals surface area (Å²) in [4.78, 5) is 17.3. The molecule has 2 N–H and O–H groups in total. The summed E-state index contributed by atoms with van der Waals surface area (Å²) in [6.45, 7) is 7.92. The third-order valence-electron chi connectivity index (χ3n) is 7.65. The van der Waals surface area contributed by atoms with Crippen LogP contribution in [0.1, 0.15) is 57.9 Å². The fourth-order valence-corrected chi connectivity index (χ4v) is 5.52. The molecule has 2 aliphatic rings. The van der Waals surface area contributed by atoms with Crippen LogP contribution in [-0.4, -0.2) is 72.8 Å². The van der Waals surface area contributed by atoms with E-state index < -0.39 is 11.7 Å². The summed E-state index contributed by atoms with van der Waals surface area (Å²) in [7, 11) is 0. The lowest BCUT2D eigenvalue weighted by Gasteiger charge is -2.49. The fraction of sp³-hybridized carbons (Fsp3) is 0.536. The van der Waals surface area contributed by atoms with Gasteiger partial charge in [-0.2, -0.15) is 13.2 Å². The average Bonchev–Trinajstić information content (AvgIpc) is 2.89. The molecule has 0 saturated carbocycles. The molecule has 202 valence electrons. The van der Waals surface area contributed by atoms with E-state index in [1.54, 1.807) is 4.90 Å². The highest BCUT2D eigenvalue weighted by Crippen LogP contribution is 2.39. The van der Waals surface area contributed by atoms with Crippen LogP contribution in [0.2, 0.25) is 0 Å². The number of hydrogen-bond donors (Lipinski definition) is 2. The first-order valence-electron chi connectivity index (χ1n) is 13.0. The molecule has 4 rings (SSSR count). The van der Waals surface area contributed by atoms with Gasteiger partial charge < -0.3 is 20.1 Å². The van der Waals surface area contributed by atoms with Crippen molar-refractivity contribution >= 4 is 5.91 Å². The van der Waals surface area contributed by atoms with E-state index >= 15 is 0 Å². The molecular formula is C28H36F3N3O3. The summed E-state index contributed by atoms with van der Waals surface area (Å²) in [5, 5.41) is 12.0. The molecule has 37 heavy (non-hydrogen) atoms. The molecule has 6 nitrogen and oxygen atoms in total. The Kier molecular flexibility index (Phi) is 8.77. The van der Waals surface area contributed by atoms with Gasteiger partial charge in [-0.1, -0.05) is 6.07 Å². The van der Waals surface area contributed by atoms with E-state index in [2.05, 4.69) is 30.1 Å². The number of piperidine rings is 1. The van der Waals surface area contributed by atoms with Gasteiger partial charge in [0, 0.05) is 50.4 Å². The predicted molar refractivity (Wildman–Crippen MR) is 136 cm³/mol. The van der Waals surface area contributed by atoms with Crippen molar-refractivity contribution in [3.63, 3.8) is 0 Å². The Morgan fingerprint density at radius 2 is 1.81 bits per heavy atom. The van der Waals surface area contributed by atoms with Gasteiger partial charge >= 0.3 is 6.18 Å². The zero-order valence-electron chi connectivity index (χ0n) is 21.5. The highest BCUT2D eigenvalue weighted by Gasteiger charge is 2.38. The van der Waals surface area contributed by atoms with Gasteiger partial charge in [0.25, 0.3) is 5.91 Å². The second-order valence-corrected chi connectivity index (χ2v) is 9.89. The van der Waals surface area contributed by atoms with E-state index in [0.29, 0.717) is 38.3 Å². The SMILES string of the molecule is Cc1c(OCCNCCO)ccc(C2CCC[C@H]3CN(C(=O)c4ccc(C(F)(F)F)cc4)CCN23)c1C. The third-order valence-corrected chi connectivity index (χ3v) is 7.65. The van der Waals surface area contributed by atoms with Crippen LogP contribution in [0.4, 0.5) is 13.2 Å². The summed E-state index contributed by atoms with van der Waals surface area (Å²) < 4.78 is 44.6. The minimum absolute atomic E-state index is 0.104. The van der Waals surface area contributed by atoms with Gasteiger partial charge in [-0.3, -0.25) is 9.69 Å². The minimum atomic E-state index is -4.41. The lowest BCUT2D eigenvalue weighted by molar-refractivity contribution is -0.137. The van der Waals surface area contributed by atoms with Crippen LogP contribution in [0.5, 0.6) is 5.75 Å². The smallest absolute Gasteiger partial charge is 0.416 e. The Morgan fingerprint density at radius 3 is 2.51 bits per heavy atom. The molecule has 1 unspecified atom stereocenters. The molecule has 0 bridgehead atoms. The van der Waals surface area contributed by atoms with Crippen LogP contribution in [0.25, 0.3) is 0 Å². The average molecular weight is 520 g/mol. The maximum Gasteiger partial charge on any atom is 0.416 e. The van der Waals surface area contributed by atoms with Gasteiger partial charge in [0.05, 0.1) is 12.2 Å². The first-order chi connectivity index (χ1) is 17.7. The number of nitrogens with zero attached hydrogens (tertiary/aromatic N) is 2. The molecule has 2 atom stereocenters. The first kappa shape index (κ1) is 27.4. The van der Waals surface area contributed by atoms with Crippen molar-refractivity contribution in [2.24, 2.45) is 0 Å². The quantitative estimate of drug-likeness (QED) is 0.509. The molecule has 0 aromatic heterocycles. The van der Waals surface area contributed by atoms with Gasteiger partial charge in [-0.25, -0.2) is 0 Å². The summed E-state index contributed by atoms with van der Waals surface area (Å²) in [6, 6.07) is 9.19. The van der Waals surface area contributed by atoms with Crippen LogP contribution < -0.4 is 10.1 Å². The maximum absolute atomic E-state index is 13.1. The molecule has 2 aliphatic heterocycles. The molecule has 0 aliphatic carbocycles. The molecule has 2 aromatic carbocycles. The molecule has 0 spiro atoms. The number of alkyl halides is 3. The van der Waals surface area contributed by atoms with Crippen LogP contribution in [0.3, 0.4) is 0 Å². The number of carbonyl (C=O) groups excluding carboxylic acids is 1. The molecule has 2 saturated heterocycles. The number of aliphatic hydroxyl groups is 1. The van der Waals surface area contributed by atoms with Gasteiger partial charge in [0.15, 0.2) is 0 Å². The molecule has 2 fully saturated rings. The molecule has 1 amide bonds. The molecule has 2 heterocycles. The van der Waals surface area contributed by atoms with Crippen LogP contribution >= 0.6 is 0 Å². The van der Waals surface area contributed by atoms with Crippen LogP contribution in [0.15, 0.2) is 36.4 Å². The van der Waals surface area contributed by atoms with E-state index in [4.69, 9.17) is 9.84 Å². The number of nitrogens with one attached hydrogen (secondary N) is 1. The summed E-state index contributed by atoms with van der Waals surface area (Å²) in [5.41, 5.74) is 3.18. The van der Waals surface area contributed by atoms with Crippen molar-refractivity contribution in [1.82, 2.24) is 15.1 Å². The number of benzene rings is 2. The predicted octanol–water partition coefficient (Wildman–Crippen LogP) is 4.33. The number of hydrogen-bond acceptors (Lipinski definition) is 5. The Balaban J connectivity index is 1.41. The van der Waals surface area contributed by atoms with Gasteiger partial charge in [0.1, 0.15) is 12.4 Å². The zero-order chi connectivity index (χ0) is 26.6. The topological polar surface area (TPSA) is 65.0 Å². The number of amides is 1. The Labute approximate surface area is 216 Å². The number of carbonyl (C=O) groups is 1. The van der Waals surface area contributed by atoms with Gasteiger partial charge in [0.2, 0.25) is 0 Å². The molecule has 0 radical (unpaired) electrons. The first-order valence-corrected chi connectivity index (χ1v) is 13.0.